The Kier molecular flexibility index (Phi) is 8.81. The van der Waals surface area contributed by atoms with E-state index in [0.29, 0.717) is 36.8 Å². The SMILES string of the molecule is O=C(O)C(F)(F)F.O=C(c1snnc1-c1ccccc1)N1CCN(Cc2cnc[nH]2)c2ccc(-c3ccccc3)cc2C1. The average molecular weight is 607 g/mol. The molecule has 0 fully saturated rings. The molecule has 0 aliphatic carbocycles. The quantitative estimate of drug-likeness (QED) is 0.256. The maximum atomic E-state index is 13.8. The van der Waals surface area contributed by atoms with Crippen LogP contribution in [0.2, 0.25) is 0 Å². The molecule has 6 rings (SSSR count). The van der Waals surface area contributed by atoms with Crippen LogP contribution in [-0.4, -0.2) is 60.7 Å². The van der Waals surface area contributed by atoms with Crippen LogP contribution in [0.15, 0.2) is 91.4 Å². The van der Waals surface area contributed by atoms with Gasteiger partial charge in [0.05, 0.1) is 18.6 Å². The van der Waals surface area contributed by atoms with E-state index in [-0.39, 0.29) is 5.91 Å². The number of nitrogens with zero attached hydrogens (tertiary/aromatic N) is 5. The Morgan fingerprint density at radius 2 is 1.60 bits per heavy atom. The van der Waals surface area contributed by atoms with Crippen molar-refractivity contribution in [3.05, 3.63) is 108 Å². The third kappa shape index (κ3) is 7.07. The maximum absolute atomic E-state index is 13.8. The number of carboxylic acids is 1. The summed E-state index contributed by atoms with van der Waals surface area (Å²) < 4.78 is 35.9. The molecule has 1 aliphatic heterocycles. The Hall–Kier alpha value is -5.04. The summed E-state index contributed by atoms with van der Waals surface area (Å²) in [7, 11) is 0. The number of aliphatic carboxylic acids is 1. The molecule has 2 aromatic heterocycles. The molecule has 5 aromatic rings. The standard InChI is InChI=1S/C28H24N6OS.C2HF3O2/c35-28(27-26(31-32-36-27)21-9-5-2-6-10-21)34-14-13-33(18-24-16-29-19-30-24)25-12-11-22(15-23(25)17-34)20-7-3-1-4-8-20;3-2(4,5)1(6)7/h1-12,15-16,19H,13-14,17-18H2,(H,29,30);(H,6,7). The molecule has 220 valence electrons. The molecule has 3 heterocycles. The number of H-pyrrole nitrogens is 1. The van der Waals surface area contributed by atoms with Crippen molar-refractivity contribution < 1.29 is 27.9 Å². The first-order valence-corrected chi connectivity index (χ1v) is 13.9. The van der Waals surface area contributed by atoms with Gasteiger partial charge in [0.2, 0.25) is 0 Å². The summed E-state index contributed by atoms with van der Waals surface area (Å²) in [5.41, 5.74) is 7.10. The van der Waals surface area contributed by atoms with E-state index in [1.165, 1.54) is 0 Å². The topological polar surface area (TPSA) is 115 Å². The minimum absolute atomic E-state index is 0.0386. The van der Waals surface area contributed by atoms with E-state index in [4.69, 9.17) is 9.90 Å². The summed E-state index contributed by atoms with van der Waals surface area (Å²) in [5.74, 6) is -2.80. The zero-order valence-corrected chi connectivity index (χ0v) is 23.3. The molecular weight excluding hydrogens is 581 g/mol. The van der Waals surface area contributed by atoms with Gasteiger partial charge in [-0.05, 0) is 40.4 Å². The Morgan fingerprint density at radius 3 is 2.23 bits per heavy atom. The summed E-state index contributed by atoms with van der Waals surface area (Å²) in [6, 6.07) is 26.6. The van der Waals surface area contributed by atoms with Gasteiger partial charge in [-0.25, -0.2) is 9.78 Å². The number of fused-ring (bicyclic) bond motifs is 1. The van der Waals surface area contributed by atoms with Crippen LogP contribution in [0, 0.1) is 0 Å². The number of halogens is 3. The molecule has 1 aliphatic rings. The van der Waals surface area contributed by atoms with Gasteiger partial charge in [-0.15, -0.1) is 5.10 Å². The lowest BCUT2D eigenvalue weighted by atomic mass is 10.0. The second-order valence-corrected chi connectivity index (χ2v) is 10.3. The lowest BCUT2D eigenvalue weighted by Gasteiger charge is -2.24. The molecule has 0 atom stereocenters. The van der Waals surface area contributed by atoms with E-state index in [1.807, 2.05) is 59.6 Å². The van der Waals surface area contributed by atoms with Crippen LogP contribution in [-0.2, 0) is 17.9 Å². The number of rotatable bonds is 5. The van der Waals surface area contributed by atoms with Gasteiger partial charge in [0.1, 0.15) is 10.6 Å². The number of amides is 1. The Bertz CT molecular complexity index is 1680. The number of alkyl halides is 3. The summed E-state index contributed by atoms with van der Waals surface area (Å²) in [4.78, 5) is 34.9. The first-order chi connectivity index (χ1) is 20.7. The highest BCUT2D eigenvalue weighted by Gasteiger charge is 2.38. The van der Waals surface area contributed by atoms with Crippen molar-refractivity contribution in [3.8, 4) is 22.4 Å². The molecule has 0 radical (unpaired) electrons. The summed E-state index contributed by atoms with van der Waals surface area (Å²) in [6.07, 6.45) is -1.54. The highest BCUT2D eigenvalue weighted by Crippen LogP contribution is 2.33. The third-order valence-corrected chi connectivity index (χ3v) is 7.42. The van der Waals surface area contributed by atoms with Crippen LogP contribution in [0.1, 0.15) is 20.9 Å². The van der Waals surface area contributed by atoms with Crippen LogP contribution in [0.5, 0.6) is 0 Å². The van der Waals surface area contributed by atoms with E-state index in [1.54, 1.807) is 6.33 Å². The fourth-order valence-corrected chi connectivity index (χ4v) is 5.31. The van der Waals surface area contributed by atoms with E-state index in [2.05, 4.69) is 54.8 Å². The molecule has 2 N–H and O–H groups in total. The molecule has 1 amide bonds. The van der Waals surface area contributed by atoms with Crippen LogP contribution in [0.3, 0.4) is 0 Å². The first kappa shape index (κ1) is 29.5. The van der Waals surface area contributed by atoms with E-state index < -0.39 is 12.1 Å². The fourth-order valence-electron chi connectivity index (χ4n) is 4.65. The minimum atomic E-state index is -5.08. The predicted molar refractivity (Wildman–Crippen MR) is 155 cm³/mol. The van der Waals surface area contributed by atoms with Crippen molar-refractivity contribution in [3.63, 3.8) is 0 Å². The molecule has 0 saturated heterocycles. The summed E-state index contributed by atoms with van der Waals surface area (Å²) >= 11 is 1.16. The molecule has 9 nitrogen and oxygen atoms in total. The van der Waals surface area contributed by atoms with Crippen LogP contribution >= 0.6 is 11.5 Å². The number of aromatic amines is 1. The van der Waals surface area contributed by atoms with Crippen LogP contribution in [0.25, 0.3) is 22.4 Å². The number of benzene rings is 3. The molecular formula is C30H25F3N6O3S. The highest BCUT2D eigenvalue weighted by atomic mass is 32.1. The van der Waals surface area contributed by atoms with Crippen molar-refractivity contribution in [1.82, 2.24) is 24.5 Å². The van der Waals surface area contributed by atoms with Crippen molar-refractivity contribution in [2.75, 3.05) is 18.0 Å². The minimum Gasteiger partial charge on any atom is -0.475 e. The molecule has 0 unspecified atom stereocenters. The number of hydrogen-bond acceptors (Lipinski definition) is 7. The zero-order valence-electron chi connectivity index (χ0n) is 22.5. The predicted octanol–water partition coefficient (Wildman–Crippen LogP) is 5.89. The lowest BCUT2D eigenvalue weighted by molar-refractivity contribution is -0.192. The van der Waals surface area contributed by atoms with Gasteiger partial charge in [0.15, 0.2) is 0 Å². The van der Waals surface area contributed by atoms with Crippen molar-refractivity contribution in [2.45, 2.75) is 19.3 Å². The molecule has 0 spiro atoms. The molecule has 0 saturated carbocycles. The molecule has 13 heteroatoms. The number of hydrogen-bond donors (Lipinski definition) is 2. The van der Waals surface area contributed by atoms with E-state index in [9.17, 15) is 18.0 Å². The number of aromatic nitrogens is 4. The van der Waals surface area contributed by atoms with Gasteiger partial charge in [0.25, 0.3) is 5.91 Å². The summed E-state index contributed by atoms with van der Waals surface area (Å²) in [6.45, 7) is 2.50. The number of imidazole rings is 1. The number of carbonyl (C=O) groups excluding carboxylic acids is 1. The monoisotopic (exact) mass is 606 g/mol. The van der Waals surface area contributed by atoms with Gasteiger partial charge in [-0.2, -0.15) is 13.2 Å². The normalized spacial score (nSPS) is 13.0. The molecule has 0 bridgehead atoms. The van der Waals surface area contributed by atoms with Crippen molar-refractivity contribution in [1.29, 1.82) is 0 Å². The zero-order chi connectivity index (χ0) is 30.4. The average Bonchev–Trinajstić information content (AvgIpc) is 3.68. The van der Waals surface area contributed by atoms with Crippen molar-refractivity contribution >= 4 is 29.1 Å². The van der Waals surface area contributed by atoms with E-state index in [0.717, 1.165) is 45.2 Å². The second-order valence-electron chi connectivity index (χ2n) is 9.55. The second kappa shape index (κ2) is 12.9. The summed E-state index contributed by atoms with van der Waals surface area (Å²) in [5, 5.41) is 11.4. The number of carboxylic acid groups (broad SMARTS) is 1. The Balaban J connectivity index is 0.000000472. The van der Waals surface area contributed by atoms with Crippen molar-refractivity contribution in [2.24, 2.45) is 0 Å². The number of nitrogens with one attached hydrogen (secondary N) is 1. The maximum Gasteiger partial charge on any atom is 0.490 e. The number of anilines is 1. The number of carbonyl (C=O) groups is 2. The van der Waals surface area contributed by atoms with Crippen LogP contribution in [0.4, 0.5) is 18.9 Å². The van der Waals surface area contributed by atoms with Gasteiger partial charge in [-0.3, -0.25) is 4.79 Å². The van der Waals surface area contributed by atoms with Gasteiger partial charge >= 0.3 is 12.1 Å². The molecule has 3 aromatic carbocycles. The van der Waals surface area contributed by atoms with E-state index >= 15 is 0 Å². The Morgan fingerprint density at radius 1 is 0.930 bits per heavy atom. The van der Waals surface area contributed by atoms with Crippen LogP contribution < -0.4 is 4.90 Å². The smallest absolute Gasteiger partial charge is 0.475 e. The largest absolute Gasteiger partial charge is 0.490 e. The fraction of sp³-hybridized carbons (Fsp3) is 0.167. The lowest BCUT2D eigenvalue weighted by Crippen LogP contribution is -2.35. The van der Waals surface area contributed by atoms with Gasteiger partial charge in [0, 0.05) is 37.1 Å². The third-order valence-electron chi connectivity index (χ3n) is 6.70. The highest BCUT2D eigenvalue weighted by molar-refractivity contribution is 7.08. The molecule has 43 heavy (non-hydrogen) atoms. The van der Waals surface area contributed by atoms with Gasteiger partial charge in [-0.1, -0.05) is 71.2 Å². The van der Waals surface area contributed by atoms with Gasteiger partial charge < -0.3 is 19.9 Å². The first-order valence-electron chi connectivity index (χ1n) is 13.1. The Labute approximate surface area is 248 Å².